The number of sulfonamides is 1. The molecule has 0 aromatic carbocycles. The van der Waals surface area contributed by atoms with Crippen LogP contribution in [0.1, 0.15) is 20.8 Å². The molecule has 15 heavy (non-hydrogen) atoms. The summed E-state index contributed by atoms with van der Waals surface area (Å²) in [4.78, 5) is 2.37. The molecular weight excluding hydrogens is 212 g/mol. The second-order valence-corrected chi connectivity index (χ2v) is 6.84. The van der Waals surface area contributed by atoms with Crippen molar-refractivity contribution in [2.24, 2.45) is 5.92 Å². The Morgan fingerprint density at radius 3 is 2.33 bits per heavy atom. The molecular formula is C10H22N2O2S. The third kappa shape index (κ3) is 3.74. The first-order chi connectivity index (χ1) is 6.80. The summed E-state index contributed by atoms with van der Waals surface area (Å²) in [6, 6.07) is 0.330. The molecule has 0 radical (unpaired) electrons. The molecule has 4 nitrogen and oxygen atoms in total. The van der Waals surface area contributed by atoms with Gasteiger partial charge >= 0.3 is 0 Å². The molecule has 1 aliphatic heterocycles. The molecule has 1 rings (SSSR count). The fraction of sp³-hybridized carbons (Fsp3) is 1.00. The van der Waals surface area contributed by atoms with Gasteiger partial charge < -0.3 is 0 Å². The van der Waals surface area contributed by atoms with Gasteiger partial charge in [0.05, 0.1) is 6.26 Å². The number of hydrogen-bond acceptors (Lipinski definition) is 3. The first kappa shape index (κ1) is 12.9. The van der Waals surface area contributed by atoms with Gasteiger partial charge in [0.25, 0.3) is 0 Å². The third-order valence-corrected chi connectivity index (χ3v) is 4.07. The fourth-order valence-corrected chi connectivity index (χ4v) is 2.90. The zero-order valence-electron chi connectivity index (χ0n) is 10.1. The minimum atomic E-state index is -3.00. The van der Waals surface area contributed by atoms with Gasteiger partial charge in [0.2, 0.25) is 10.0 Å². The maximum atomic E-state index is 11.4. The van der Waals surface area contributed by atoms with Crippen LogP contribution in [0.4, 0.5) is 0 Å². The summed E-state index contributed by atoms with van der Waals surface area (Å²) < 4.78 is 24.3. The van der Waals surface area contributed by atoms with Crippen molar-refractivity contribution < 1.29 is 8.42 Å². The molecule has 0 aliphatic carbocycles. The Labute approximate surface area is 93.3 Å². The minimum Gasteiger partial charge on any atom is -0.298 e. The van der Waals surface area contributed by atoms with Crippen LogP contribution in [0, 0.1) is 5.92 Å². The van der Waals surface area contributed by atoms with Gasteiger partial charge in [0, 0.05) is 32.2 Å². The van der Waals surface area contributed by atoms with Crippen LogP contribution in [0.25, 0.3) is 0 Å². The fourth-order valence-electron chi connectivity index (χ4n) is 2.00. The molecule has 1 saturated heterocycles. The van der Waals surface area contributed by atoms with Gasteiger partial charge in [-0.1, -0.05) is 13.8 Å². The number of rotatable bonds is 3. The van der Waals surface area contributed by atoms with Gasteiger partial charge in [-0.2, -0.15) is 4.31 Å². The molecule has 0 unspecified atom stereocenters. The lowest BCUT2D eigenvalue weighted by atomic mass is 10.1. The molecule has 0 N–H and O–H groups in total. The monoisotopic (exact) mass is 234 g/mol. The molecule has 90 valence electrons. The first-order valence-electron chi connectivity index (χ1n) is 5.50. The van der Waals surface area contributed by atoms with Crippen molar-refractivity contribution in [3.05, 3.63) is 0 Å². The second kappa shape index (κ2) is 4.80. The molecule has 1 atom stereocenters. The summed E-state index contributed by atoms with van der Waals surface area (Å²) in [5.41, 5.74) is 0. The van der Waals surface area contributed by atoms with Crippen LogP contribution in [0.3, 0.4) is 0 Å². The highest BCUT2D eigenvalue weighted by Gasteiger charge is 2.28. The Hall–Kier alpha value is -0.130. The predicted octanol–water partition coefficient (Wildman–Crippen LogP) is 0.608. The zero-order chi connectivity index (χ0) is 11.6. The minimum absolute atomic E-state index is 0.330. The van der Waals surface area contributed by atoms with Crippen molar-refractivity contribution in [2.75, 3.05) is 32.4 Å². The van der Waals surface area contributed by atoms with Gasteiger partial charge in [-0.3, -0.25) is 4.90 Å². The van der Waals surface area contributed by atoms with E-state index in [-0.39, 0.29) is 0 Å². The van der Waals surface area contributed by atoms with E-state index in [1.807, 2.05) is 0 Å². The summed E-state index contributed by atoms with van der Waals surface area (Å²) >= 11 is 0. The van der Waals surface area contributed by atoms with Crippen molar-refractivity contribution in [2.45, 2.75) is 26.8 Å². The smallest absolute Gasteiger partial charge is 0.211 e. The number of hydrogen-bond donors (Lipinski definition) is 0. The van der Waals surface area contributed by atoms with Crippen LogP contribution in [0.2, 0.25) is 0 Å². The average molecular weight is 234 g/mol. The summed E-state index contributed by atoms with van der Waals surface area (Å²) in [6.45, 7) is 9.65. The van der Waals surface area contributed by atoms with Gasteiger partial charge in [-0.05, 0) is 12.8 Å². The standard InChI is InChI=1S/C10H22N2O2S/c1-9(2)7-11-5-6-12(8-10(11)3)15(4,13)14/h9-10H,5-8H2,1-4H3/t10-/m0/s1. The molecule has 0 amide bonds. The lowest BCUT2D eigenvalue weighted by Crippen LogP contribution is -2.53. The number of nitrogens with zero attached hydrogens (tertiary/aromatic N) is 2. The second-order valence-electron chi connectivity index (χ2n) is 4.86. The predicted molar refractivity (Wildman–Crippen MR) is 62.3 cm³/mol. The van der Waals surface area contributed by atoms with E-state index in [1.165, 1.54) is 6.26 Å². The van der Waals surface area contributed by atoms with Crippen molar-refractivity contribution in [1.82, 2.24) is 9.21 Å². The number of piperazine rings is 1. The first-order valence-corrected chi connectivity index (χ1v) is 7.34. The summed E-state index contributed by atoms with van der Waals surface area (Å²) in [5.74, 6) is 0.636. The van der Waals surface area contributed by atoms with Gasteiger partial charge in [-0.25, -0.2) is 8.42 Å². The van der Waals surface area contributed by atoms with Gasteiger partial charge in [0.1, 0.15) is 0 Å². The normalized spacial score (nSPS) is 26.1. The van der Waals surface area contributed by atoms with Crippen LogP contribution >= 0.6 is 0 Å². The zero-order valence-corrected chi connectivity index (χ0v) is 10.9. The van der Waals surface area contributed by atoms with Crippen molar-refractivity contribution in [3.8, 4) is 0 Å². The van der Waals surface area contributed by atoms with Gasteiger partial charge in [-0.15, -0.1) is 0 Å². The SMILES string of the molecule is CC(C)CN1CCN(S(C)(=O)=O)C[C@@H]1C. The molecule has 0 saturated carbocycles. The topological polar surface area (TPSA) is 40.6 Å². The lowest BCUT2D eigenvalue weighted by Gasteiger charge is -2.39. The summed E-state index contributed by atoms with van der Waals surface area (Å²) in [6.07, 6.45) is 1.29. The molecule has 1 heterocycles. The Bertz CT molecular complexity index is 301. The van der Waals surface area contributed by atoms with Crippen molar-refractivity contribution in [1.29, 1.82) is 0 Å². The molecule has 0 aromatic rings. The van der Waals surface area contributed by atoms with E-state index in [0.29, 0.717) is 25.0 Å². The van der Waals surface area contributed by atoms with E-state index in [4.69, 9.17) is 0 Å². The van der Waals surface area contributed by atoms with Crippen molar-refractivity contribution >= 4 is 10.0 Å². The molecule has 0 bridgehead atoms. The Morgan fingerprint density at radius 2 is 1.93 bits per heavy atom. The van der Waals surface area contributed by atoms with E-state index < -0.39 is 10.0 Å². The molecule has 1 fully saturated rings. The molecule has 0 spiro atoms. The molecule has 1 aliphatic rings. The lowest BCUT2D eigenvalue weighted by molar-refractivity contribution is 0.116. The van der Waals surface area contributed by atoms with Gasteiger partial charge in [0.15, 0.2) is 0 Å². The highest BCUT2D eigenvalue weighted by molar-refractivity contribution is 7.88. The van der Waals surface area contributed by atoms with E-state index in [1.54, 1.807) is 4.31 Å². The van der Waals surface area contributed by atoms with E-state index in [9.17, 15) is 8.42 Å². The largest absolute Gasteiger partial charge is 0.298 e. The maximum absolute atomic E-state index is 11.4. The van der Waals surface area contributed by atoms with Crippen LogP contribution in [-0.4, -0.2) is 56.1 Å². The Kier molecular flexibility index (Phi) is 4.14. The highest BCUT2D eigenvalue weighted by atomic mass is 32.2. The summed E-state index contributed by atoms with van der Waals surface area (Å²) in [7, 11) is -3.00. The summed E-state index contributed by atoms with van der Waals surface area (Å²) in [5, 5.41) is 0. The maximum Gasteiger partial charge on any atom is 0.211 e. The van der Waals surface area contributed by atoms with Crippen LogP contribution < -0.4 is 0 Å². The molecule has 0 aromatic heterocycles. The van der Waals surface area contributed by atoms with Crippen molar-refractivity contribution in [3.63, 3.8) is 0 Å². The third-order valence-electron chi connectivity index (χ3n) is 2.80. The van der Waals surface area contributed by atoms with E-state index in [0.717, 1.165) is 13.1 Å². The van der Waals surface area contributed by atoms with Crippen LogP contribution in [-0.2, 0) is 10.0 Å². The van der Waals surface area contributed by atoms with E-state index >= 15 is 0 Å². The Balaban J connectivity index is 2.55. The highest BCUT2D eigenvalue weighted by Crippen LogP contribution is 2.13. The van der Waals surface area contributed by atoms with E-state index in [2.05, 4.69) is 25.7 Å². The Morgan fingerprint density at radius 1 is 1.33 bits per heavy atom. The van der Waals surface area contributed by atoms with Crippen LogP contribution in [0.15, 0.2) is 0 Å². The van der Waals surface area contributed by atoms with Crippen LogP contribution in [0.5, 0.6) is 0 Å². The molecule has 5 heteroatoms. The average Bonchev–Trinajstić information content (AvgIpc) is 2.05. The quantitative estimate of drug-likeness (QED) is 0.718.